The molecule has 0 aromatic rings. The van der Waals surface area contributed by atoms with Crippen LogP contribution in [-0.2, 0) is 0 Å². The second-order valence-electron chi connectivity index (χ2n) is 7.74. The van der Waals surface area contributed by atoms with Crippen molar-refractivity contribution in [3.63, 3.8) is 0 Å². The van der Waals surface area contributed by atoms with Gasteiger partial charge in [0.05, 0.1) is 0 Å². The van der Waals surface area contributed by atoms with Crippen molar-refractivity contribution in [1.82, 2.24) is 9.80 Å². The quantitative estimate of drug-likeness (QED) is 0.827. The highest BCUT2D eigenvalue weighted by Crippen LogP contribution is 2.38. The van der Waals surface area contributed by atoms with Crippen molar-refractivity contribution in [1.29, 1.82) is 5.41 Å². The SMILES string of the molecule is C/C=C1\C(=N)N(C2CCCCC2)C=C1C1CCN(C(C)C)CC1. The summed E-state index contributed by atoms with van der Waals surface area (Å²) in [6.45, 7) is 9.10. The van der Waals surface area contributed by atoms with E-state index in [9.17, 15) is 0 Å². The first kappa shape index (κ1) is 16.8. The van der Waals surface area contributed by atoms with E-state index >= 15 is 0 Å². The van der Waals surface area contributed by atoms with Crippen LogP contribution in [-0.4, -0.2) is 40.8 Å². The number of allylic oxidation sites excluding steroid dienone is 1. The van der Waals surface area contributed by atoms with Gasteiger partial charge in [0, 0.05) is 23.9 Å². The van der Waals surface area contributed by atoms with Crippen molar-refractivity contribution in [2.45, 2.75) is 77.8 Å². The van der Waals surface area contributed by atoms with Gasteiger partial charge in [-0.2, -0.15) is 0 Å². The van der Waals surface area contributed by atoms with Crippen molar-refractivity contribution in [3.8, 4) is 0 Å². The number of nitrogens with zero attached hydrogens (tertiary/aromatic N) is 2. The molecule has 1 saturated heterocycles. The van der Waals surface area contributed by atoms with Crippen molar-refractivity contribution in [3.05, 3.63) is 23.4 Å². The third kappa shape index (κ3) is 3.40. The molecule has 0 aromatic heterocycles. The van der Waals surface area contributed by atoms with Gasteiger partial charge >= 0.3 is 0 Å². The predicted octanol–water partition coefficient (Wildman–Crippen LogP) is 4.56. The predicted molar refractivity (Wildman–Crippen MR) is 97.7 cm³/mol. The highest BCUT2D eigenvalue weighted by atomic mass is 15.2. The fraction of sp³-hybridized carbons (Fsp3) is 0.750. The van der Waals surface area contributed by atoms with Gasteiger partial charge < -0.3 is 9.80 Å². The Morgan fingerprint density at radius 3 is 2.30 bits per heavy atom. The van der Waals surface area contributed by atoms with Gasteiger partial charge in [0.2, 0.25) is 0 Å². The van der Waals surface area contributed by atoms with Gasteiger partial charge in [0.15, 0.2) is 0 Å². The van der Waals surface area contributed by atoms with E-state index in [2.05, 4.69) is 42.8 Å². The van der Waals surface area contributed by atoms with Crippen LogP contribution in [0.25, 0.3) is 0 Å². The molecular formula is C20H33N3. The molecular weight excluding hydrogens is 282 g/mol. The molecule has 1 saturated carbocycles. The smallest absolute Gasteiger partial charge is 0.132 e. The molecule has 23 heavy (non-hydrogen) atoms. The largest absolute Gasteiger partial charge is 0.330 e. The first-order chi connectivity index (χ1) is 11.1. The van der Waals surface area contributed by atoms with Gasteiger partial charge in [0.25, 0.3) is 0 Å². The van der Waals surface area contributed by atoms with Crippen LogP contribution in [0.5, 0.6) is 0 Å². The fourth-order valence-electron chi connectivity index (χ4n) is 4.56. The number of nitrogens with one attached hydrogen (secondary N) is 1. The van der Waals surface area contributed by atoms with E-state index < -0.39 is 0 Å². The summed E-state index contributed by atoms with van der Waals surface area (Å²) >= 11 is 0. The number of piperidine rings is 1. The summed E-state index contributed by atoms with van der Waals surface area (Å²) in [6.07, 6.45) is 13.6. The van der Waals surface area contributed by atoms with E-state index in [0.29, 0.717) is 18.0 Å². The maximum atomic E-state index is 8.65. The van der Waals surface area contributed by atoms with Crippen LogP contribution in [0.2, 0.25) is 0 Å². The van der Waals surface area contributed by atoms with E-state index in [4.69, 9.17) is 5.41 Å². The molecule has 2 fully saturated rings. The average molecular weight is 316 g/mol. The lowest BCUT2D eigenvalue weighted by Gasteiger charge is -2.35. The Hall–Kier alpha value is -1.09. The topological polar surface area (TPSA) is 30.3 Å². The lowest BCUT2D eigenvalue weighted by atomic mass is 9.86. The Balaban J connectivity index is 1.73. The minimum absolute atomic E-state index is 0.569. The first-order valence-electron chi connectivity index (χ1n) is 9.61. The average Bonchev–Trinajstić information content (AvgIpc) is 2.92. The molecule has 0 atom stereocenters. The summed E-state index contributed by atoms with van der Waals surface area (Å²) in [5.74, 6) is 1.41. The minimum Gasteiger partial charge on any atom is -0.330 e. The number of hydrogen-bond acceptors (Lipinski definition) is 2. The summed E-state index contributed by atoms with van der Waals surface area (Å²) in [6, 6.07) is 1.23. The third-order valence-electron chi connectivity index (χ3n) is 6.06. The Bertz CT molecular complexity index is 489. The summed E-state index contributed by atoms with van der Waals surface area (Å²) in [7, 11) is 0. The van der Waals surface area contributed by atoms with Crippen molar-refractivity contribution in [2.24, 2.45) is 5.92 Å². The highest BCUT2D eigenvalue weighted by molar-refractivity contribution is 6.03. The standard InChI is InChI=1S/C20H33N3/c1-4-18-19(16-10-12-22(13-11-16)15(2)3)14-23(20(18)21)17-8-6-5-7-9-17/h4,14-17,21H,5-13H2,1-3H3/b18-4-,21-20?. The molecule has 128 valence electrons. The molecule has 3 nitrogen and oxygen atoms in total. The van der Waals surface area contributed by atoms with E-state index in [0.717, 1.165) is 5.84 Å². The summed E-state index contributed by atoms with van der Waals surface area (Å²) in [4.78, 5) is 4.89. The number of rotatable bonds is 3. The van der Waals surface area contributed by atoms with Crippen LogP contribution < -0.4 is 0 Å². The first-order valence-corrected chi connectivity index (χ1v) is 9.61. The zero-order valence-corrected chi connectivity index (χ0v) is 15.1. The number of hydrogen-bond donors (Lipinski definition) is 1. The van der Waals surface area contributed by atoms with Gasteiger partial charge in [-0.05, 0) is 71.0 Å². The van der Waals surface area contributed by atoms with Crippen LogP contribution in [0, 0.1) is 11.3 Å². The summed E-state index contributed by atoms with van der Waals surface area (Å²) < 4.78 is 0. The minimum atomic E-state index is 0.569. The monoisotopic (exact) mass is 315 g/mol. The Morgan fingerprint density at radius 2 is 1.74 bits per heavy atom. The van der Waals surface area contributed by atoms with E-state index in [-0.39, 0.29) is 0 Å². The van der Waals surface area contributed by atoms with Gasteiger partial charge in [-0.3, -0.25) is 5.41 Å². The molecule has 0 radical (unpaired) electrons. The molecule has 0 spiro atoms. The van der Waals surface area contributed by atoms with Crippen LogP contribution in [0.4, 0.5) is 0 Å². The molecule has 1 N–H and O–H groups in total. The third-order valence-corrected chi connectivity index (χ3v) is 6.06. The number of likely N-dealkylation sites (tertiary alicyclic amines) is 1. The molecule has 3 heteroatoms. The molecule has 0 unspecified atom stereocenters. The van der Waals surface area contributed by atoms with E-state index in [1.807, 2.05) is 0 Å². The molecule has 0 amide bonds. The Kier molecular flexibility index (Phi) is 5.25. The molecule has 2 aliphatic heterocycles. The van der Waals surface area contributed by atoms with Gasteiger partial charge in [-0.15, -0.1) is 0 Å². The van der Waals surface area contributed by atoms with E-state index in [1.54, 1.807) is 0 Å². The molecule has 3 rings (SSSR count). The van der Waals surface area contributed by atoms with E-state index in [1.165, 1.54) is 69.2 Å². The molecule has 1 aliphatic carbocycles. The van der Waals surface area contributed by atoms with Crippen molar-refractivity contribution in [2.75, 3.05) is 13.1 Å². The lowest BCUT2D eigenvalue weighted by Crippen LogP contribution is -2.38. The molecule has 0 bridgehead atoms. The Labute approximate surface area is 141 Å². The second kappa shape index (κ2) is 7.21. The summed E-state index contributed by atoms with van der Waals surface area (Å²) in [5, 5.41) is 8.65. The second-order valence-corrected chi connectivity index (χ2v) is 7.74. The van der Waals surface area contributed by atoms with Crippen LogP contribution in [0.3, 0.4) is 0 Å². The normalized spacial score (nSPS) is 27.3. The maximum absolute atomic E-state index is 8.65. The van der Waals surface area contributed by atoms with Crippen LogP contribution in [0.15, 0.2) is 23.4 Å². The highest BCUT2D eigenvalue weighted by Gasteiger charge is 2.34. The number of amidine groups is 1. The van der Waals surface area contributed by atoms with Crippen molar-refractivity contribution < 1.29 is 0 Å². The zero-order chi connectivity index (χ0) is 16.4. The lowest BCUT2D eigenvalue weighted by molar-refractivity contribution is 0.161. The molecule has 2 heterocycles. The zero-order valence-electron chi connectivity index (χ0n) is 15.1. The fourth-order valence-corrected chi connectivity index (χ4v) is 4.56. The molecule has 0 aromatic carbocycles. The molecule has 3 aliphatic rings. The van der Waals surface area contributed by atoms with Crippen LogP contribution >= 0.6 is 0 Å². The van der Waals surface area contributed by atoms with Gasteiger partial charge in [-0.25, -0.2) is 0 Å². The summed E-state index contributed by atoms with van der Waals surface area (Å²) in [5.41, 5.74) is 2.66. The van der Waals surface area contributed by atoms with Gasteiger partial charge in [-0.1, -0.05) is 25.3 Å². The Morgan fingerprint density at radius 1 is 1.09 bits per heavy atom. The maximum Gasteiger partial charge on any atom is 0.132 e. The van der Waals surface area contributed by atoms with Gasteiger partial charge in [0.1, 0.15) is 5.84 Å². The van der Waals surface area contributed by atoms with Crippen molar-refractivity contribution >= 4 is 5.84 Å². The van der Waals surface area contributed by atoms with Crippen LogP contribution in [0.1, 0.15) is 65.7 Å².